The van der Waals surface area contributed by atoms with Crippen LogP contribution in [-0.4, -0.2) is 9.59 Å². The van der Waals surface area contributed by atoms with Gasteiger partial charge in [-0.15, -0.1) is 5.10 Å². The Labute approximate surface area is 107 Å². The van der Waals surface area contributed by atoms with E-state index in [1.165, 1.54) is 11.5 Å². The molecule has 0 bridgehead atoms. The van der Waals surface area contributed by atoms with Crippen LogP contribution in [0, 0.1) is 0 Å². The molecule has 0 aliphatic rings. The van der Waals surface area contributed by atoms with Crippen LogP contribution in [0.25, 0.3) is 0 Å². The first-order valence-electron chi connectivity index (χ1n) is 4.64. The molecule has 0 radical (unpaired) electrons. The molecular formula is C10H9Cl2N3S. The van der Waals surface area contributed by atoms with E-state index in [0.29, 0.717) is 16.5 Å². The molecule has 1 heterocycles. The van der Waals surface area contributed by atoms with Gasteiger partial charge in [0.25, 0.3) is 0 Å². The van der Waals surface area contributed by atoms with Crippen molar-refractivity contribution in [1.29, 1.82) is 0 Å². The fourth-order valence-electron chi connectivity index (χ4n) is 1.38. The summed E-state index contributed by atoms with van der Waals surface area (Å²) in [4.78, 5) is 0. The van der Waals surface area contributed by atoms with Crippen LogP contribution < -0.4 is 5.73 Å². The fraction of sp³-hybridized carbons (Fsp3) is 0.200. The molecule has 6 heteroatoms. The minimum absolute atomic E-state index is 0.199. The van der Waals surface area contributed by atoms with Crippen LogP contribution in [0.3, 0.4) is 0 Å². The monoisotopic (exact) mass is 273 g/mol. The van der Waals surface area contributed by atoms with Crippen molar-refractivity contribution in [2.75, 3.05) is 0 Å². The van der Waals surface area contributed by atoms with Crippen molar-refractivity contribution in [2.24, 2.45) is 5.73 Å². The summed E-state index contributed by atoms with van der Waals surface area (Å²) in [5, 5.41) is 6.87. The summed E-state index contributed by atoms with van der Waals surface area (Å²) < 4.78 is 3.78. The molecule has 2 N–H and O–H groups in total. The highest BCUT2D eigenvalue weighted by atomic mass is 35.5. The highest BCUT2D eigenvalue weighted by molar-refractivity contribution is 7.03. The second kappa shape index (κ2) is 5.10. The third-order valence-electron chi connectivity index (χ3n) is 2.23. The van der Waals surface area contributed by atoms with Crippen LogP contribution in [0.5, 0.6) is 0 Å². The van der Waals surface area contributed by atoms with E-state index >= 15 is 0 Å². The van der Waals surface area contributed by atoms with Crippen LogP contribution in [0.2, 0.25) is 10.0 Å². The maximum atomic E-state index is 6.08. The zero-order valence-corrected chi connectivity index (χ0v) is 10.6. The van der Waals surface area contributed by atoms with Crippen LogP contribution in [0.1, 0.15) is 17.3 Å². The third kappa shape index (κ3) is 2.52. The molecule has 3 nitrogen and oxygen atoms in total. The fourth-order valence-corrected chi connectivity index (χ4v) is 2.30. The summed E-state index contributed by atoms with van der Waals surface area (Å²) >= 11 is 13.3. The summed E-state index contributed by atoms with van der Waals surface area (Å²) in [5.41, 5.74) is 7.70. The number of nitrogens with zero attached hydrogens (tertiary/aromatic N) is 2. The lowest BCUT2D eigenvalue weighted by atomic mass is 10.0. The topological polar surface area (TPSA) is 51.8 Å². The number of halogens is 2. The van der Waals surface area contributed by atoms with E-state index in [0.717, 1.165) is 11.3 Å². The van der Waals surface area contributed by atoms with Gasteiger partial charge < -0.3 is 5.73 Å². The van der Waals surface area contributed by atoms with E-state index in [1.807, 2.05) is 17.5 Å². The third-order valence-corrected chi connectivity index (χ3v) is 3.61. The summed E-state index contributed by atoms with van der Waals surface area (Å²) in [6.45, 7) is 0. The SMILES string of the molecule is NC(Cc1cccc(Cl)c1Cl)c1csnn1. The lowest BCUT2D eigenvalue weighted by molar-refractivity contribution is 0.692. The molecule has 0 aliphatic heterocycles. The van der Waals surface area contributed by atoms with Gasteiger partial charge in [-0.25, -0.2) is 0 Å². The minimum Gasteiger partial charge on any atom is -0.322 e. The van der Waals surface area contributed by atoms with Gasteiger partial charge in [-0.2, -0.15) is 0 Å². The molecule has 1 aromatic carbocycles. The first kappa shape index (κ1) is 11.8. The molecule has 1 atom stereocenters. The van der Waals surface area contributed by atoms with Crippen molar-refractivity contribution < 1.29 is 0 Å². The Morgan fingerprint density at radius 2 is 2.19 bits per heavy atom. The normalized spacial score (nSPS) is 12.7. The van der Waals surface area contributed by atoms with Gasteiger partial charge in [0.15, 0.2) is 0 Å². The maximum Gasteiger partial charge on any atom is 0.0925 e. The Morgan fingerprint density at radius 3 is 2.88 bits per heavy atom. The van der Waals surface area contributed by atoms with Crippen LogP contribution >= 0.6 is 34.7 Å². The van der Waals surface area contributed by atoms with Crippen molar-refractivity contribution in [1.82, 2.24) is 9.59 Å². The van der Waals surface area contributed by atoms with E-state index in [9.17, 15) is 0 Å². The summed E-state index contributed by atoms with van der Waals surface area (Å²) in [6.07, 6.45) is 0.602. The molecule has 84 valence electrons. The van der Waals surface area contributed by atoms with Gasteiger partial charge >= 0.3 is 0 Å². The van der Waals surface area contributed by atoms with Crippen molar-refractivity contribution in [3.63, 3.8) is 0 Å². The zero-order valence-electron chi connectivity index (χ0n) is 8.23. The van der Waals surface area contributed by atoms with E-state index in [-0.39, 0.29) is 6.04 Å². The average Bonchev–Trinajstić information content (AvgIpc) is 2.78. The molecular weight excluding hydrogens is 265 g/mol. The second-order valence-electron chi connectivity index (χ2n) is 3.35. The van der Waals surface area contributed by atoms with E-state index < -0.39 is 0 Å². The van der Waals surface area contributed by atoms with E-state index in [4.69, 9.17) is 28.9 Å². The lowest BCUT2D eigenvalue weighted by Crippen LogP contribution is -2.14. The molecule has 16 heavy (non-hydrogen) atoms. The molecule has 0 amide bonds. The highest BCUT2D eigenvalue weighted by Crippen LogP contribution is 2.28. The van der Waals surface area contributed by atoms with Gasteiger partial charge in [0.05, 0.1) is 21.8 Å². The van der Waals surface area contributed by atoms with Crippen LogP contribution in [0.4, 0.5) is 0 Å². The number of hydrogen-bond donors (Lipinski definition) is 1. The van der Waals surface area contributed by atoms with Gasteiger partial charge in [0.2, 0.25) is 0 Å². The quantitative estimate of drug-likeness (QED) is 0.935. The average molecular weight is 274 g/mol. The van der Waals surface area contributed by atoms with Crippen molar-refractivity contribution in [3.8, 4) is 0 Å². The van der Waals surface area contributed by atoms with Gasteiger partial charge in [-0.1, -0.05) is 39.8 Å². The Kier molecular flexibility index (Phi) is 3.76. The standard InChI is InChI=1S/C10H9Cl2N3S/c11-7-3-1-2-6(10(7)12)4-8(13)9-5-16-15-14-9/h1-3,5,8H,4,13H2. The Hall–Kier alpha value is -0.680. The van der Waals surface area contributed by atoms with Crippen molar-refractivity contribution >= 4 is 34.7 Å². The van der Waals surface area contributed by atoms with Crippen molar-refractivity contribution in [3.05, 3.63) is 44.9 Å². The number of hydrogen-bond acceptors (Lipinski definition) is 4. The number of benzene rings is 1. The largest absolute Gasteiger partial charge is 0.322 e. The van der Waals surface area contributed by atoms with Gasteiger partial charge in [0.1, 0.15) is 0 Å². The van der Waals surface area contributed by atoms with E-state index in [1.54, 1.807) is 6.07 Å². The Balaban J connectivity index is 2.18. The van der Waals surface area contributed by atoms with Crippen LogP contribution in [-0.2, 0) is 6.42 Å². The molecule has 1 aromatic heterocycles. The predicted octanol–water partition coefficient (Wildman–Crippen LogP) is 3.09. The molecule has 0 saturated carbocycles. The molecule has 1 unspecified atom stereocenters. The van der Waals surface area contributed by atoms with Gasteiger partial charge in [-0.05, 0) is 29.6 Å². The Morgan fingerprint density at radius 1 is 1.38 bits per heavy atom. The molecule has 0 saturated heterocycles. The molecule has 0 fully saturated rings. The highest BCUT2D eigenvalue weighted by Gasteiger charge is 2.13. The molecule has 2 aromatic rings. The molecule has 0 aliphatic carbocycles. The van der Waals surface area contributed by atoms with Gasteiger partial charge in [-0.3, -0.25) is 0 Å². The smallest absolute Gasteiger partial charge is 0.0925 e. The first-order valence-corrected chi connectivity index (χ1v) is 6.23. The molecule has 2 rings (SSSR count). The van der Waals surface area contributed by atoms with Gasteiger partial charge in [0, 0.05) is 5.38 Å². The second-order valence-corrected chi connectivity index (χ2v) is 4.75. The maximum absolute atomic E-state index is 6.08. The summed E-state index contributed by atoms with van der Waals surface area (Å²) in [7, 11) is 0. The number of rotatable bonds is 3. The lowest BCUT2D eigenvalue weighted by Gasteiger charge is -2.10. The minimum atomic E-state index is -0.199. The predicted molar refractivity (Wildman–Crippen MR) is 67.0 cm³/mol. The Bertz CT molecular complexity index is 473. The number of nitrogens with two attached hydrogens (primary N) is 1. The zero-order chi connectivity index (χ0) is 11.5. The van der Waals surface area contributed by atoms with Crippen molar-refractivity contribution in [2.45, 2.75) is 12.5 Å². The van der Waals surface area contributed by atoms with E-state index in [2.05, 4.69) is 9.59 Å². The molecule has 0 spiro atoms. The van der Waals surface area contributed by atoms with Crippen LogP contribution in [0.15, 0.2) is 23.6 Å². The summed E-state index contributed by atoms with van der Waals surface area (Å²) in [6, 6.07) is 5.32. The number of aromatic nitrogens is 2. The first-order chi connectivity index (χ1) is 7.68. The summed E-state index contributed by atoms with van der Waals surface area (Å²) in [5.74, 6) is 0.